The number of nitrogens with one attached hydrogen (secondary N) is 1. The average molecular weight is 238 g/mol. The van der Waals surface area contributed by atoms with Crippen LogP contribution < -0.4 is 11.1 Å². The zero-order valence-corrected chi connectivity index (χ0v) is 10.3. The van der Waals surface area contributed by atoms with E-state index in [1.165, 1.54) is 12.8 Å². The van der Waals surface area contributed by atoms with Crippen LogP contribution in [0.1, 0.15) is 25.7 Å². The smallest absolute Gasteiger partial charge is 0.189 e. The maximum atomic E-state index is 6.09. The van der Waals surface area contributed by atoms with Crippen molar-refractivity contribution in [3.8, 4) is 0 Å². The van der Waals surface area contributed by atoms with E-state index in [0.29, 0.717) is 6.04 Å². The molecule has 1 aliphatic carbocycles. The number of nitrogens with two attached hydrogens (primary N) is 1. The molecule has 2 atom stereocenters. The molecule has 1 aromatic heterocycles. The second-order valence-electron chi connectivity index (χ2n) is 4.13. The van der Waals surface area contributed by atoms with Gasteiger partial charge in [0, 0.05) is 18.3 Å². The van der Waals surface area contributed by atoms with Crippen LogP contribution in [0.2, 0.25) is 0 Å². The molecule has 1 heterocycles. The largest absolute Gasteiger partial charge is 0.366 e. The molecule has 0 radical (unpaired) electrons. The Kier molecular flexibility index (Phi) is 4.01. The van der Waals surface area contributed by atoms with E-state index < -0.39 is 0 Å². The van der Waals surface area contributed by atoms with Crippen LogP contribution in [0, 0.1) is 0 Å². The van der Waals surface area contributed by atoms with Gasteiger partial charge >= 0.3 is 0 Å². The minimum atomic E-state index is 0.251. The molecule has 0 aromatic carbocycles. The van der Waals surface area contributed by atoms with Crippen molar-refractivity contribution in [2.45, 2.75) is 42.9 Å². The Labute approximate surface area is 100 Å². The van der Waals surface area contributed by atoms with Gasteiger partial charge in [-0.05, 0) is 25.2 Å². The van der Waals surface area contributed by atoms with E-state index in [4.69, 9.17) is 5.73 Å². The summed E-state index contributed by atoms with van der Waals surface area (Å²) < 4.78 is 0. The highest BCUT2D eigenvalue weighted by Gasteiger charge is 2.21. The van der Waals surface area contributed by atoms with Crippen LogP contribution in [0.5, 0.6) is 0 Å². The Morgan fingerprint density at radius 2 is 2.25 bits per heavy atom. The molecule has 3 N–H and O–H groups in total. The van der Waals surface area contributed by atoms with Crippen molar-refractivity contribution in [3.05, 3.63) is 12.3 Å². The third-order valence-electron chi connectivity index (χ3n) is 2.97. The fraction of sp³-hybridized carbons (Fsp3) is 0.636. The summed E-state index contributed by atoms with van der Waals surface area (Å²) in [4.78, 5) is 8.56. The summed E-state index contributed by atoms with van der Waals surface area (Å²) in [6.07, 6.45) is 8.52. The van der Waals surface area contributed by atoms with Gasteiger partial charge in [0.2, 0.25) is 0 Å². The van der Waals surface area contributed by atoms with Gasteiger partial charge < -0.3 is 11.1 Å². The summed E-state index contributed by atoms with van der Waals surface area (Å²) in [5.41, 5.74) is 6.09. The number of aromatic nitrogens is 2. The van der Waals surface area contributed by atoms with Crippen LogP contribution in [0.3, 0.4) is 0 Å². The molecule has 88 valence electrons. The van der Waals surface area contributed by atoms with Crippen molar-refractivity contribution in [1.82, 2.24) is 9.97 Å². The molecule has 2 rings (SSSR count). The number of nitrogens with zero attached hydrogens (tertiary/aromatic N) is 2. The van der Waals surface area contributed by atoms with Gasteiger partial charge in [0.15, 0.2) is 5.16 Å². The summed E-state index contributed by atoms with van der Waals surface area (Å²) in [6, 6.07) is 2.51. The number of thioether (sulfide) groups is 1. The third-order valence-corrected chi connectivity index (χ3v) is 3.53. The molecule has 0 amide bonds. The van der Waals surface area contributed by atoms with Gasteiger partial charge in [-0.2, -0.15) is 0 Å². The maximum absolute atomic E-state index is 6.09. The lowest BCUT2D eigenvalue weighted by molar-refractivity contribution is 0.403. The van der Waals surface area contributed by atoms with Crippen molar-refractivity contribution in [1.29, 1.82) is 0 Å². The van der Waals surface area contributed by atoms with E-state index in [1.807, 2.05) is 12.3 Å². The molecule has 1 aliphatic rings. The second-order valence-corrected chi connectivity index (χ2v) is 4.90. The standard InChI is InChI=1S/C11H18N4S/c1-16-11-13-7-6-10(15-11)14-9-5-3-2-4-8(9)12/h6-9H,2-5,12H2,1H3,(H,13,14,15)/t8-,9+/m0/s1. The van der Waals surface area contributed by atoms with Crippen molar-refractivity contribution < 1.29 is 0 Å². The fourth-order valence-electron chi connectivity index (χ4n) is 2.05. The van der Waals surface area contributed by atoms with E-state index >= 15 is 0 Å². The molecule has 0 aliphatic heterocycles. The van der Waals surface area contributed by atoms with Crippen molar-refractivity contribution in [2.75, 3.05) is 11.6 Å². The normalized spacial score (nSPS) is 25.4. The van der Waals surface area contributed by atoms with Gasteiger partial charge in [-0.3, -0.25) is 0 Å². The summed E-state index contributed by atoms with van der Waals surface area (Å²) in [5, 5.41) is 4.22. The number of hydrogen-bond donors (Lipinski definition) is 2. The lowest BCUT2D eigenvalue weighted by atomic mass is 9.91. The molecule has 5 heteroatoms. The average Bonchev–Trinajstić information content (AvgIpc) is 2.32. The van der Waals surface area contributed by atoms with Crippen LogP contribution >= 0.6 is 11.8 Å². The Morgan fingerprint density at radius 1 is 1.44 bits per heavy atom. The summed E-state index contributed by atoms with van der Waals surface area (Å²) in [6.45, 7) is 0. The first-order valence-corrected chi connectivity index (χ1v) is 6.91. The first-order chi connectivity index (χ1) is 7.79. The quantitative estimate of drug-likeness (QED) is 0.622. The van der Waals surface area contributed by atoms with Crippen molar-refractivity contribution in [3.63, 3.8) is 0 Å². The predicted octanol–water partition coefficient (Wildman–Crippen LogP) is 1.88. The van der Waals surface area contributed by atoms with E-state index in [9.17, 15) is 0 Å². The third kappa shape index (κ3) is 2.86. The zero-order valence-electron chi connectivity index (χ0n) is 9.52. The number of hydrogen-bond acceptors (Lipinski definition) is 5. The summed E-state index contributed by atoms with van der Waals surface area (Å²) >= 11 is 1.55. The minimum Gasteiger partial charge on any atom is -0.366 e. The van der Waals surface area contributed by atoms with Crippen LogP contribution in [0.25, 0.3) is 0 Å². The first-order valence-electron chi connectivity index (χ1n) is 5.69. The minimum absolute atomic E-state index is 0.251. The van der Waals surface area contributed by atoms with Crippen molar-refractivity contribution >= 4 is 17.6 Å². The van der Waals surface area contributed by atoms with Crippen LogP contribution in [-0.4, -0.2) is 28.3 Å². The monoisotopic (exact) mass is 238 g/mol. The van der Waals surface area contributed by atoms with Crippen LogP contribution in [0.15, 0.2) is 17.4 Å². The maximum Gasteiger partial charge on any atom is 0.189 e. The van der Waals surface area contributed by atoms with E-state index in [1.54, 1.807) is 18.0 Å². The fourth-order valence-corrected chi connectivity index (χ4v) is 2.40. The second kappa shape index (κ2) is 5.50. The summed E-state index contributed by atoms with van der Waals surface area (Å²) in [7, 11) is 0. The molecule has 0 bridgehead atoms. The molecule has 1 fully saturated rings. The Balaban J connectivity index is 2.01. The molecule has 4 nitrogen and oxygen atoms in total. The van der Waals surface area contributed by atoms with Gasteiger partial charge in [-0.1, -0.05) is 24.6 Å². The molecule has 0 unspecified atom stereocenters. The molecule has 0 saturated heterocycles. The van der Waals surface area contributed by atoms with Crippen LogP contribution in [0.4, 0.5) is 5.82 Å². The lowest BCUT2D eigenvalue weighted by Crippen LogP contribution is -2.42. The van der Waals surface area contributed by atoms with Gasteiger partial charge in [-0.25, -0.2) is 9.97 Å². The lowest BCUT2D eigenvalue weighted by Gasteiger charge is -2.29. The SMILES string of the molecule is CSc1nccc(N[C@@H]2CCCC[C@@H]2N)n1. The molecular weight excluding hydrogens is 220 g/mol. The Morgan fingerprint density at radius 3 is 3.00 bits per heavy atom. The van der Waals surface area contributed by atoms with Gasteiger partial charge in [-0.15, -0.1) is 0 Å². The Bertz CT molecular complexity index is 345. The zero-order chi connectivity index (χ0) is 11.4. The predicted molar refractivity (Wildman–Crippen MR) is 67.7 cm³/mol. The molecular formula is C11H18N4S. The first kappa shape index (κ1) is 11.7. The Hall–Kier alpha value is -0.810. The number of anilines is 1. The molecule has 0 spiro atoms. The van der Waals surface area contributed by atoms with E-state index in [-0.39, 0.29) is 6.04 Å². The number of rotatable bonds is 3. The highest BCUT2D eigenvalue weighted by molar-refractivity contribution is 7.98. The van der Waals surface area contributed by atoms with Crippen LogP contribution in [-0.2, 0) is 0 Å². The van der Waals surface area contributed by atoms with Crippen molar-refractivity contribution in [2.24, 2.45) is 5.73 Å². The van der Waals surface area contributed by atoms with E-state index in [0.717, 1.165) is 23.8 Å². The molecule has 1 saturated carbocycles. The van der Waals surface area contributed by atoms with Gasteiger partial charge in [0.1, 0.15) is 5.82 Å². The topological polar surface area (TPSA) is 63.8 Å². The molecule has 16 heavy (non-hydrogen) atoms. The highest BCUT2D eigenvalue weighted by Crippen LogP contribution is 2.20. The van der Waals surface area contributed by atoms with Gasteiger partial charge in [0.25, 0.3) is 0 Å². The highest BCUT2D eigenvalue weighted by atomic mass is 32.2. The molecule has 1 aromatic rings. The van der Waals surface area contributed by atoms with Gasteiger partial charge in [0.05, 0.1) is 0 Å². The van der Waals surface area contributed by atoms with E-state index in [2.05, 4.69) is 15.3 Å². The summed E-state index contributed by atoms with van der Waals surface area (Å²) in [5.74, 6) is 0.890.